The lowest BCUT2D eigenvalue weighted by Gasteiger charge is -2.18. The molecule has 0 aliphatic rings. The highest BCUT2D eigenvalue weighted by Crippen LogP contribution is 2.14. The van der Waals surface area contributed by atoms with E-state index in [9.17, 15) is 4.79 Å². The first-order chi connectivity index (χ1) is 14.3. The summed E-state index contributed by atoms with van der Waals surface area (Å²) in [5.41, 5.74) is 5.33. The van der Waals surface area contributed by atoms with Gasteiger partial charge in [0.05, 0.1) is 5.69 Å². The highest BCUT2D eigenvalue weighted by molar-refractivity contribution is 5.94. The van der Waals surface area contributed by atoms with Gasteiger partial charge in [0, 0.05) is 44.5 Å². The Kier molecular flexibility index (Phi) is 8.89. The van der Waals surface area contributed by atoms with E-state index in [4.69, 9.17) is 0 Å². The van der Waals surface area contributed by atoms with E-state index in [1.54, 1.807) is 7.05 Å². The molecule has 2 rings (SSSR count). The van der Waals surface area contributed by atoms with E-state index < -0.39 is 0 Å². The van der Waals surface area contributed by atoms with E-state index in [1.807, 2.05) is 36.0 Å². The van der Waals surface area contributed by atoms with Crippen LogP contribution < -0.4 is 16.0 Å². The van der Waals surface area contributed by atoms with Crippen molar-refractivity contribution in [2.45, 2.75) is 59.5 Å². The normalized spacial score (nSPS) is 12.5. The Morgan fingerprint density at radius 2 is 1.90 bits per heavy atom. The Morgan fingerprint density at radius 1 is 1.20 bits per heavy atom. The smallest absolute Gasteiger partial charge is 0.251 e. The maximum Gasteiger partial charge on any atom is 0.251 e. The molecule has 7 nitrogen and oxygen atoms in total. The van der Waals surface area contributed by atoms with Crippen LogP contribution in [0.25, 0.3) is 0 Å². The molecule has 2 aromatic rings. The molecule has 0 spiro atoms. The summed E-state index contributed by atoms with van der Waals surface area (Å²) < 4.78 is 1.93. The molecule has 1 atom stereocenters. The number of carbonyl (C=O) groups is 1. The molecule has 1 heterocycles. The quantitative estimate of drug-likeness (QED) is 0.336. The maximum atomic E-state index is 12.1. The number of aryl methyl sites for hydroxylation is 2. The predicted molar refractivity (Wildman–Crippen MR) is 123 cm³/mol. The van der Waals surface area contributed by atoms with E-state index in [0.29, 0.717) is 12.1 Å². The van der Waals surface area contributed by atoms with Gasteiger partial charge in [-0.25, -0.2) is 0 Å². The second-order valence-electron chi connectivity index (χ2n) is 7.75. The fourth-order valence-electron chi connectivity index (χ4n) is 3.34. The van der Waals surface area contributed by atoms with Gasteiger partial charge in [-0.15, -0.1) is 0 Å². The van der Waals surface area contributed by atoms with Crippen molar-refractivity contribution in [2.24, 2.45) is 12.0 Å². The van der Waals surface area contributed by atoms with Crippen LogP contribution in [0.4, 0.5) is 0 Å². The zero-order valence-corrected chi connectivity index (χ0v) is 19.2. The van der Waals surface area contributed by atoms with Gasteiger partial charge in [0.25, 0.3) is 5.91 Å². The van der Waals surface area contributed by atoms with Crippen molar-refractivity contribution in [1.29, 1.82) is 0 Å². The number of hydrogen-bond donors (Lipinski definition) is 3. The fraction of sp³-hybridized carbons (Fsp3) is 0.522. The first-order valence-corrected chi connectivity index (χ1v) is 10.7. The van der Waals surface area contributed by atoms with Crippen molar-refractivity contribution in [3.63, 3.8) is 0 Å². The number of amides is 1. The van der Waals surface area contributed by atoms with Gasteiger partial charge in [-0.3, -0.25) is 14.5 Å². The van der Waals surface area contributed by atoms with E-state index in [1.165, 1.54) is 11.3 Å². The predicted octanol–water partition coefficient (Wildman–Crippen LogP) is 2.86. The van der Waals surface area contributed by atoms with Crippen LogP contribution >= 0.6 is 0 Å². The number of aliphatic imine (C=N–C) groups is 1. The summed E-state index contributed by atoms with van der Waals surface area (Å²) in [6.45, 7) is 9.76. The molecular formula is C23H36N6O. The summed E-state index contributed by atoms with van der Waals surface area (Å²) in [5.74, 6) is 0.735. The molecule has 1 amide bonds. The molecule has 1 aromatic heterocycles. The number of unbranched alkanes of at least 4 members (excludes halogenated alkanes) is 1. The number of aromatic nitrogens is 2. The molecule has 0 aliphatic carbocycles. The minimum Gasteiger partial charge on any atom is -0.354 e. The molecular weight excluding hydrogens is 376 g/mol. The summed E-state index contributed by atoms with van der Waals surface area (Å²) in [7, 11) is 3.75. The SMILES string of the molecule is CCCCNC(=O)c1ccc(CNC(=NC)NC(C)Cc2c(C)nn(C)c2C)cc1. The minimum absolute atomic E-state index is 0.0183. The summed E-state index contributed by atoms with van der Waals surface area (Å²) >= 11 is 0. The highest BCUT2D eigenvalue weighted by Gasteiger charge is 2.14. The van der Waals surface area contributed by atoms with E-state index >= 15 is 0 Å². The number of hydrogen-bond acceptors (Lipinski definition) is 3. The minimum atomic E-state index is -0.0183. The number of carbonyl (C=O) groups excluding carboxylic acids is 1. The Balaban J connectivity index is 1.85. The van der Waals surface area contributed by atoms with Crippen LogP contribution in [0.15, 0.2) is 29.3 Å². The lowest BCUT2D eigenvalue weighted by Crippen LogP contribution is -2.42. The molecule has 0 bridgehead atoms. The lowest BCUT2D eigenvalue weighted by molar-refractivity contribution is 0.0953. The van der Waals surface area contributed by atoms with Crippen LogP contribution in [-0.2, 0) is 20.0 Å². The number of benzene rings is 1. The Morgan fingerprint density at radius 3 is 2.47 bits per heavy atom. The Hall–Kier alpha value is -2.83. The first kappa shape index (κ1) is 23.4. The highest BCUT2D eigenvalue weighted by atomic mass is 16.1. The van der Waals surface area contributed by atoms with Gasteiger partial charge in [0.15, 0.2) is 5.96 Å². The van der Waals surface area contributed by atoms with Gasteiger partial charge in [0.1, 0.15) is 0 Å². The Bertz CT molecular complexity index is 853. The molecule has 164 valence electrons. The van der Waals surface area contributed by atoms with Crippen LogP contribution in [0, 0.1) is 13.8 Å². The molecule has 0 saturated heterocycles. The largest absolute Gasteiger partial charge is 0.354 e. The molecule has 0 radical (unpaired) electrons. The molecule has 0 aliphatic heterocycles. The van der Waals surface area contributed by atoms with Crippen molar-refractivity contribution < 1.29 is 4.79 Å². The number of nitrogens with zero attached hydrogens (tertiary/aromatic N) is 3. The summed E-state index contributed by atoms with van der Waals surface area (Å²) in [6, 6.07) is 7.89. The summed E-state index contributed by atoms with van der Waals surface area (Å²) in [6.07, 6.45) is 2.95. The zero-order chi connectivity index (χ0) is 22.1. The fourth-order valence-corrected chi connectivity index (χ4v) is 3.34. The third-order valence-electron chi connectivity index (χ3n) is 5.27. The van der Waals surface area contributed by atoms with Gasteiger partial charge < -0.3 is 16.0 Å². The van der Waals surface area contributed by atoms with Crippen molar-refractivity contribution in [1.82, 2.24) is 25.7 Å². The Labute approximate surface area is 180 Å². The molecule has 7 heteroatoms. The van der Waals surface area contributed by atoms with Crippen molar-refractivity contribution >= 4 is 11.9 Å². The first-order valence-electron chi connectivity index (χ1n) is 10.7. The number of rotatable bonds is 9. The maximum absolute atomic E-state index is 12.1. The standard InChI is InChI=1S/C23H36N6O/c1-7-8-13-25-22(30)20-11-9-19(10-12-20)15-26-23(24-5)27-16(2)14-21-17(3)28-29(6)18(21)4/h9-12,16H,7-8,13-15H2,1-6H3,(H,25,30)(H2,24,26,27). The van der Waals surface area contributed by atoms with Gasteiger partial charge in [-0.1, -0.05) is 25.5 Å². The van der Waals surface area contributed by atoms with Crippen molar-refractivity contribution in [2.75, 3.05) is 13.6 Å². The van der Waals surface area contributed by atoms with Crippen LogP contribution in [0.5, 0.6) is 0 Å². The second kappa shape index (κ2) is 11.4. The molecule has 1 unspecified atom stereocenters. The van der Waals surface area contributed by atoms with Crippen LogP contribution in [0.3, 0.4) is 0 Å². The van der Waals surface area contributed by atoms with Gasteiger partial charge in [-0.05, 0) is 56.9 Å². The van der Waals surface area contributed by atoms with Crippen LogP contribution in [0.2, 0.25) is 0 Å². The van der Waals surface area contributed by atoms with Crippen molar-refractivity contribution in [3.8, 4) is 0 Å². The number of nitrogens with one attached hydrogen (secondary N) is 3. The van der Waals surface area contributed by atoms with Gasteiger partial charge in [-0.2, -0.15) is 5.10 Å². The molecule has 0 fully saturated rings. The van der Waals surface area contributed by atoms with Gasteiger partial charge >= 0.3 is 0 Å². The average Bonchev–Trinajstić information content (AvgIpc) is 2.97. The monoisotopic (exact) mass is 412 g/mol. The molecule has 30 heavy (non-hydrogen) atoms. The average molecular weight is 413 g/mol. The molecule has 1 aromatic carbocycles. The summed E-state index contributed by atoms with van der Waals surface area (Å²) in [5, 5.41) is 14.2. The topological polar surface area (TPSA) is 83.3 Å². The third kappa shape index (κ3) is 6.61. The van der Waals surface area contributed by atoms with E-state index in [-0.39, 0.29) is 11.9 Å². The van der Waals surface area contributed by atoms with Crippen LogP contribution in [0.1, 0.15) is 59.6 Å². The van der Waals surface area contributed by atoms with Crippen LogP contribution in [-0.4, -0.2) is 41.3 Å². The molecule has 0 saturated carbocycles. The summed E-state index contributed by atoms with van der Waals surface area (Å²) in [4.78, 5) is 16.4. The van der Waals surface area contributed by atoms with E-state index in [2.05, 4.69) is 53.7 Å². The lowest BCUT2D eigenvalue weighted by atomic mass is 10.1. The third-order valence-corrected chi connectivity index (χ3v) is 5.27. The van der Waals surface area contributed by atoms with E-state index in [0.717, 1.165) is 43.0 Å². The number of guanidine groups is 1. The zero-order valence-electron chi connectivity index (χ0n) is 19.2. The van der Waals surface area contributed by atoms with Crippen molar-refractivity contribution in [3.05, 3.63) is 52.3 Å². The van der Waals surface area contributed by atoms with Gasteiger partial charge in [0.2, 0.25) is 0 Å². The molecule has 3 N–H and O–H groups in total. The second-order valence-corrected chi connectivity index (χ2v) is 7.75.